The highest BCUT2D eigenvalue weighted by molar-refractivity contribution is 5.85. The molecular formula is C28H44Cl2N2O4. The highest BCUT2D eigenvalue weighted by atomic mass is 35.5. The van der Waals surface area contributed by atoms with E-state index in [0.29, 0.717) is 6.04 Å². The number of halogens is 2. The Morgan fingerprint density at radius 3 is 2.14 bits per heavy atom. The van der Waals surface area contributed by atoms with Crippen LogP contribution in [0.25, 0.3) is 0 Å². The summed E-state index contributed by atoms with van der Waals surface area (Å²) in [5.41, 5.74) is 3.97. The van der Waals surface area contributed by atoms with E-state index in [0.717, 1.165) is 68.3 Å². The second kappa shape index (κ2) is 17.6. The summed E-state index contributed by atoms with van der Waals surface area (Å²) in [6, 6.07) is 10.9. The van der Waals surface area contributed by atoms with Crippen molar-refractivity contribution in [1.82, 2.24) is 10.6 Å². The van der Waals surface area contributed by atoms with Gasteiger partial charge in [-0.05, 0) is 87.5 Å². The zero-order chi connectivity index (χ0) is 24.2. The number of hydrogen-bond donors (Lipinski definition) is 2. The fourth-order valence-corrected chi connectivity index (χ4v) is 4.79. The lowest BCUT2D eigenvalue weighted by atomic mass is 9.87. The lowest BCUT2D eigenvalue weighted by molar-refractivity contribution is 0.346. The summed E-state index contributed by atoms with van der Waals surface area (Å²) in [4.78, 5) is 0. The van der Waals surface area contributed by atoms with Gasteiger partial charge in [-0.15, -0.1) is 24.8 Å². The third-order valence-electron chi connectivity index (χ3n) is 6.71. The van der Waals surface area contributed by atoms with Gasteiger partial charge in [-0.2, -0.15) is 0 Å². The van der Waals surface area contributed by atoms with E-state index in [-0.39, 0.29) is 24.8 Å². The maximum absolute atomic E-state index is 5.61. The maximum Gasteiger partial charge on any atom is 0.164 e. The molecule has 0 aromatic heterocycles. The highest BCUT2D eigenvalue weighted by Gasteiger charge is 2.23. The summed E-state index contributed by atoms with van der Waals surface area (Å²) in [5.74, 6) is 3.33. The Balaban J connectivity index is 0.00000324. The maximum atomic E-state index is 5.61. The third kappa shape index (κ3) is 9.22. The molecule has 1 aliphatic rings. The van der Waals surface area contributed by atoms with Crippen molar-refractivity contribution in [2.24, 2.45) is 0 Å². The Hall–Kier alpha value is -1.86. The molecule has 1 aliphatic carbocycles. The molecule has 0 heterocycles. The standard InChI is InChI=1S/C28H42N2O4.2ClH/c1-31-25-13-9-21(19-27(25)33-3)15-18-29-16-7-5-6-8-17-30-23-11-12-24-22(20-23)10-14-26(32-2)28(24)34-4;;/h9-10,13-14,19,23,29-30H,5-8,11-12,15-18,20H2,1-4H3;2*1H. The first-order chi connectivity index (χ1) is 16.7. The minimum absolute atomic E-state index is 0. The molecule has 2 aromatic carbocycles. The molecule has 36 heavy (non-hydrogen) atoms. The second-order valence-corrected chi connectivity index (χ2v) is 8.94. The fraction of sp³-hybridized carbons (Fsp3) is 0.571. The summed E-state index contributed by atoms with van der Waals surface area (Å²) >= 11 is 0. The molecule has 204 valence electrons. The molecule has 0 radical (unpaired) electrons. The lowest BCUT2D eigenvalue weighted by Gasteiger charge is -2.27. The topological polar surface area (TPSA) is 61.0 Å². The fourth-order valence-electron chi connectivity index (χ4n) is 4.79. The number of fused-ring (bicyclic) bond motifs is 1. The van der Waals surface area contributed by atoms with Gasteiger partial charge in [-0.25, -0.2) is 0 Å². The van der Waals surface area contributed by atoms with E-state index in [1.807, 2.05) is 12.1 Å². The van der Waals surface area contributed by atoms with Crippen LogP contribution in [0.1, 0.15) is 48.8 Å². The van der Waals surface area contributed by atoms with Crippen molar-refractivity contribution in [3.8, 4) is 23.0 Å². The van der Waals surface area contributed by atoms with Gasteiger partial charge in [0.15, 0.2) is 23.0 Å². The van der Waals surface area contributed by atoms with Crippen LogP contribution in [0.5, 0.6) is 23.0 Å². The minimum Gasteiger partial charge on any atom is -0.493 e. The SMILES string of the molecule is COc1ccc(CCNCCCCCCNC2CCc3c(ccc(OC)c3OC)C2)cc1OC.Cl.Cl. The van der Waals surface area contributed by atoms with Crippen molar-refractivity contribution in [2.45, 2.75) is 57.4 Å². The van der Waals surface area contributed by atoms with Gasteiger partial charge in [0.05, 0.1) is 28.4 Å². The third-order valence-corrected chi connectivity index (χ3v) is 6.71. The van der Waals surface area contributed by atoms with E-state index in [1.165, 1.54) is 42.4 Å². The normalized spacial score (nSPS) is 14.2. The van der Waals surface area contributed by atoms with Gasteiger partial charge in [0.1, 0.15) is 0 Å². The number of nitrogens with one attached hydrogen (secondary N) is 2. The molecule has 6 nitrogen and oxygen atoms in total. The van der Waals surface area contributed by atoms with E-state index in [9.17, 15) is 0 Å². The predicted octanol–water partition coefficient (Wildman–Crippen LogP) is 5.40. The van der Waals surface area contributed by atoms with Gasteiger partial charge in [-0.3, -0.25) is 0 Å². The van der Waals surface area contributed by atoms with Crippen LogP contribution in [0, 0.1) is 0 Å². The Morgan fingerprint density at radius 2 is 1.44 bits per heavy atom. The smallest absolute Gasteiger partial charge is 0.164 e. The van der Waals surface area contributed by atoms with Crippen molar-refractivity contribution in [3.05, 3.63) is 47.0 Å². The summed E-state index contributed by atoms with van der Waals surface area (Å²) < 4.78 is 21.7. The van der Waals surface area contributed by atoms with Crippen LogP contribution >= 0.6 is 24.8 Å². The minimum atomic E-state index is 0. The van der Waals surface area contributed by atoms with Crippen molar-refractivity contribution in [2.75, 3.05) is 48.1 Å². The van der Waals surface area contributed by atoms with Crippen molar-refractivity contribution >= 4 is 24.8 Å². The lowest BCUT2D eigenvalue weighted by Crippen LogP contribution is -2.35. The molecule has 2 N–H and O–H groups in total. The Labute approximate surface area is 229 Å². The molecule has 0 bridgehead atoms. The van der Waals surface area contributed by atoms with Crippen LogP contribution in [0.3, 0.4) is 0 Å². The van der Waals surface area contributed by atoms with E-state index in [1.54, 1.807) is 28.4 Å². The van der Waals surface area contributed by atoms with Crippen molar-refractivity contribution in [1.29, 1.82) is 0 Å². The van der Waals surface area contributed by atoms with Crippen molar-refractivity contribution < 1.29 is 18.9 Å². The number of unbranched alkanes of at least 4 members (excludes halogenated alkanes) is 3. The zero-order valence-electron chi connectivity index (χ0n) is 22.2. The van der Waals surface area contributed by atoms with Gasteiger partial charge in [0, 0.05) is 11.6 Å². The van der Waals surface area contributed by atoms with Crippen LogP contribution in [0.2, 0.25) is 0 Å². The molecule has 3 rings (SSSR count). The van der Waals surface area contributed by atoms with Gasteiger partial charge in [0.25, 0.3) is 0 Å². The molecule has 0 saturated heterocycles. The van der Waals surface area contributed by atoms with Gasteiger partial charge in [-0.1, -0.05) is 25.0 Å². The number of hydrogen-bond acceptors (Lipinski definition) is 6. The Bertz CT molecular complexity index is 898. The van der Waals surface area contributed by atoms with Gasteiger partial charge < -0.3 is 29.6 Å². The number of methoxy groups -OCH3 is 4. The second-order valence-electron chi connectivity index (χ2n) is 8.94. The number of ether oxygens (including phenoxy) is 4. The molecule has 0 aliphatic heterocycles. The Kier molecular flexibility index (Phi) is 15.7. The molecular weight excluding hydrogens is 499 g/mol. The molecule has 0 spiro atoms. The molecule has 8 heteroatoms. The Morgan fingerprint density at radius 1 is 0.750 bits per heavy atom. The molecule has 0 saturated carbocycles. The van der Waals surface area contributed by atoms with Crippen LogP contribution < -0.4 is 29.6 Å². The van der Waals surface area contributed by atoms with Crippen molar-refractivity contribution in [3.63, 3.8) is 0 Å². The average molecular weight is 544 g/mol. The summed E-state index contributed by atoms with van der Waals surface area (Å²) in [7, 11) is 6.78. The monoisotopic (exact) mass is 542 g/mol. The quantitative estimate of drug-likeness (QED) is 0.293. The van der Waals surface area contributed by atoms with E-state index < -0.39 is 0 Å². The highest BCUT2D eigenvalue weighted by Crippen LogP contribution is 2.37. The first kappa shape index (κ1) is 32.2. The van der Waals surface area contributed by atoms with E-state index >= 15 is 0 Å². The van der Waals surface area contributed by atoms with Crippen LogP contribution in [-0.2, 0) is 19.3 Å². The molecule has 1 unspecified atom stereocenters. The van der Waals surface area contributed by atoms with E-state index in [2.05, 4.69) is 28.8 Å². The largest absolute Gasteiger partial charge is 0.493 e. The van der Waals surface area contributed by atoms with Crippen LogP contribution in [-0.4, -0.2) is 54.1 Å². The molecule has 1 atom stereocenters. The molecule has 2 aromatic rings. The van der Waals surface area contributed by atoms with Crippen LogP contribution in [0.15, 0.2) is 30.3 Å². The average Bonchev–Trinajstić information content (AvgIpc) is 2.88. The molecule has 0 fully saturated rings. The summed E-state index contributed by atoms with van der Waals surface area (Å²) in [5, 5.41) is 7.33. The first-order valence-corrected chi connectivity index (χ1v) is 12.6. The van der Waals surface area contributed by atoms with Gasteiger partial charge >= 0.3 is 0 Å². The first-order valence-electron chi connectivity index (χ1n) is 12.6. The van der Waals surface area contributed by atoms with Crippen LogP contribution in [0.4, 0.5) is 0 Å². The summed E-state index contributed by atoms with van der Waals surface area (Å²) in [6.07, 6.45) is 9.27. The summed E-state index contributed by atoms with van der Waals surface area (Å²) in [6.45, 7) is 3.16. The van der Waals surface area contributed by atoms with E-state index in [4.69, 9.17) is 18.9 Å². The number of rotatable bonds is 15. The predicted molar refractivity (Wildman–Crippen MR) is 152 cm³/mol. The number of benzene rings is 2. The molecule has 0 amide bonds. The van der Waals surface area contributed by atoms with Gasteiger partial charge in [0.2, 0.25) is 0 Å². The zero-order valence-corrected chi connectivity index (χ0v) is 23.8.